The summed E-state index contributed by atoms with van der Waals surface area (Å²) in [6, 6.07) is 3.19. The smallest absolute Gasteiger partial charge is 0.137 e. The number of aliphatic hydroxyl groups is 1. The van der Waals surface area contributed by atoms with Crippen molar-refractivity contribution in [2.45, 2.75) is 31.9 Å². The number of halogens is 2. The molecule has 0 saturated heterocycles. The molecule has 1 aromatic carbocycles. The maximum absolute atomic E-state index is 9.95. The fraction of sp³-hybridized carbons (Fsp3) is 0.538. The van der Waals surface area contributed by atoms with E-state index in [1.165, 1.54) is 0 Å². The second kappa shape index (κ2) is 8.64. The molecular weight excluding hydrogens is 334 g/mol. The van der Waals surface area contributed by atoms with Crippen LogP contribution in [0.5, 0.6) is 11.5 Å². The molecule has 1 aromatic rings. The highest BCUT2D eigenvalue weighted by Crippen LogP contribution is 2.37. The van der Waals surface area contributed by atoms with Gasteiger partial charge >= 0.3 is 0 Å². The number of aliphatic hydroxyl groups excluding tert-OH is 1. The van der Waals surface area contributed by atoms with Crippen LogP contribution in [0.4, 0.5) is 0 Å². The molecule has 0 aliphatic heterocycles. The highest BCUT2D eigenvalue weighted by molar-refractivity contribution is 9.10. The lowest BCUT2D eigenvalue weighted by atomic mass is 9.99. The summed E-state index contributed by atoms with van der Waals surface area (Å²) < 4.78 is 11.3. The Morgan fingerprint density at radius 1 is 1.26 bits per heavy atom. The van der Waals surface area contributed by atoms with Crippen molar-refractivity contribution in [3.8, 4) is 11.5 Å². The van der Waals surface area contributed by atoms with Crippen molar-refractivity contribution < 1.29 is 14.6 Å². The summed E-state index contributed by atoms with van der Waals surface area (Å²) in [5.74, 6) is 1.28. The first-order valence-electron chi connectivity index (χ1n) is 5.90. The predicted molar refractivity (Wildman–Crippen MR) is 82.3 cm³/mol. The molecule has 6 heteroatoms. The van der Waals surface area contributed by atoms with Gasteiger partial charge in [0.15, 0.2) is 0 Å². The van der Waals surface area contributed by atoms with Gasteiger partial charge in [0.05, 0.1) is 26.4 Å². The van der Waals surface area contributed by atoms with E-state index in [1.807, 2.05) is 19.1 Å². The highest BCUT2D eigenvalue weighted by atomic mass is 79.9. The molecule has 3 N–H and O–H groups in total. The molecule has 0 bridgehead atoms. The standard InChI is InChI=1S/C13H20BrNO3.ClH/c1-4-5-9(16)13(15)8-6-10(17-2)12(14)11(7-8)18-3;/h6-7,9,13,16H,4-5,15H2,1-3H3;1H/t9-,13+;/m1./s1. The summed E-state index contributed by atoms with van der Waals surface area (Å²) in [5.41, 5.74) is 6.84. The summed E-state index contributed by atoms with van der Waals surface area (Å²) in [6.07, 6.45) is 0.993. The van der Waals surface area contributed by atoms with Gasteiger partial charge in [-0.3, -0.25) is 0 Å². The van der Waals surface area contributed by atoms with Gasteiger partial charge < -0.3 is 20.3 Å². The van der Waals surface area contributed by atoms with Crippen molar-refractivity contribution in [3.05, 3.63) is 22.2 Å². The van der Waals surface area contributed by atoms with E-state index in [0.717, 1.165) is 16.5 Å². The van der Waals surface area contributed by atoms with Crippen molar-refractivity contribution in [2.24, 2.45) is 5.73 Å². The Morgan fingerprint density at radius 3 is 2.11 bits per heavy atom. The van der Waals surface area contributed by atoms with Gasteiger partial charge in [0, 0.05) is 0 Å². The van der Waals surface area contributed by atoms with Crippen LogP contribution in [0.3, 0.4) is 0 Å². The zero-order chi connectivity index (χ0) is 13.7. The molecule has 19 heavy (non-hydrogen) atoms. The first kappa shape index (κ1) is 18.5. The van der Waals surface area contributed by atoms with Crippen LogP contribution in [0.2, 0.25) is 0 Å². The lowest BCUT2D eigenvalue weighted by Gasteiger charge is -2.20. The minimum absolute atomic E-state index is 0. The van der Waals surface area contributed by atoms with E-state index in [1.54, 1.807) is 14.2 Å². The highest BCUT2D eigenvalue weighted by Gasteiger charge is 2.19. The Kier molecular flexibility index (Phi) is 8.41. The van der Waals surface area contributed by atoms with E-state index in [2.05, 4.69) is 15.9 Å². The lowest BCUT2D eigenvalue weighted by molar-refractivity contribution is 0.134. The van der Waals surface area contributed by atoms with E-state index >= 15 is 0 Å². The molecule has 1 rings (SSSR count). The van der Waals surface area contributed by atoms with Crippen LogP contribution in [-0.4, -0.2) is 25.4 Å². The molecule has 0 fully saturated rings. The molecule has 0 aliphatic rings. The van der Waals surface area contributed by atoms with Crippen molar-refractivity contribution in [1.29, 1.82) is 0 Å². The minimum atomic E-state index is -0.564. The van der Waals surface area contributed by atoms with Gasteiger partial charge in [-0.25, -0.2) is 0 Å². The molecule has 0 amide bonds. The van der Waals surface area contributed by atoms with E-state index in [9.17, 15) is 5.11 Å². The third kappa shape index (κ3) is 4.53. The van der Waals surface area contributed by atoms with Gasteiger partial charge in [-0.05, 0) is 40.0 Å². The fourth-order valence-corrected chi connectivity index (χ4v) is 2.33. The molecule has 0 unspecified atom stereocenters. The maximum atomic E-state index is 9.95. The zero-order valence-electron chi connectivity index (χ0n) is 11.4. The number of hydrogen-bond acceptors (Lipinski definition) is 4. The zero-order valence-corrected chi connectivity index (χ0v) is 13.8. The topological polar surface area (TPSA) is 64.7 Å². The summed E-state index contributed by atoms with van der Waals surface area (Å²) >= 11 is 3.40. The predicted octanol–water partition coefficient (Wildman–Crippen LogP) is 3.05. The number of methoxy groups -OCH3 is 2. The summed E-state index contributed by atoms with van der Waals surface area (Å²) in [7, 11) is 3.16. The number of benzene rings is 1. The van der Waals surface area contributed by atoms with E-state index < -0.39 is 12.1 Å². The molecule has 0 spiro atoms. The van der Waals surface area contributed by atoms with Gasteiger partial charge in [0.2, 0.25) is 0 Å². The molecule has 0 radical (unpaired) electrons. The first-order valence-corrected chi connectivity index (χ1v) is 6.69. The third-order valence-electron chi connectivity index (χ3n) is 2.85. The fourth-order valence-electron chi connectivity index (χ4n) is 1.78. The second-order valence-corrected chi connectivity index (χ2v) is 4.91. The van der Waals surface area contributed by atoms with Crippen molar-refractivity contribution >= 4 is 28.3 Å². The molecule has 2 atom stereocenters. The summed E-state index contributed by atoms with van der Waals surface area (Å²) in [4.78, 5) is 0. The minimum Gasteiger partial charge on any atom is -0.495 e. The van der Waals surface area contributed by atoms with Crippen LogP contribution in [0, 0.1) is 0 Å². The molecule has 0 heterocycles. The Balaban J connectivity index is 0.00000324. The SMILES string of the molecule is CCC[C@@H](O)[C@@H](N)c1cc(OC)c(Br)c(OC)c1.Cl. The Labute approximate surface area is 128 Å². The molecule has 0 aromatic heterocycles. The molecular formula is C13H21BrClNO3. The normalized spacial score (nSPS) is 13.4. The summed E-state index contributed by atoms with van der Waals surface area (Å²) in [6.45, 7) is 2.01. The van der Waals surface area contributed by atoms with Gasteiger partial charge in [-0.15, -0.1) is 12.4 Å². The summed E-state index contributed by atoms with van der Waals surface area (Å²) in [5, 5.41) is 9.95. The molecule has 0 aliphatic carbocycles. The van der Waals surface area contributed by atoms with E-state index in [4.69, 9.17) is 15.2 Å². The van der Waals surface area contributed by atoms with Gasteiger partial charge in [-0.1, -0.05) is 13.3 Å². The molecule has 0 saturated carbocycles. The quantitative estimate of drug-likeness (QED) is 0.824. The van der Waals surface area contributed by atoms with Gasteiger partial charge in [0.1, 0.15) is 16.0 Å². The van der Waals surface area contributed by atoms with Crippen LogP contribution in [0.25, 0.3) is 0 Å². The average molecular weight is 355 g/mol. The first-order chi connectivity index (χ1) is 8.54. The van der Waals surface area contributed by atoms with Crippen LogP contribution in [-0.2, 0) is 0 Å². The number of rotatable bonds is 6. The third-order valence-corrected chi connectivity index (χ3v) is 3.63. The largest absolute Gasteiger partial charge is 0.495 e. The molecule has 110 valence electrons. The Bertz CT molecular complexity index is 378. The number of nitrogens with two attached hydrogens (primary N) is 1. The monoisotopic (exact) mass is 353 g/mol. The van der Waals surface area contributed by atoms with E-state index in [-0.39, 0.29) is 12.4 Å². The van der Waals surface area contributed by atoms with Crippen molar-refractivity contribution in [1.82, 2.24) is 0 Å². The van der Waals surface area contributed by atoms with Crippen LogP contribution >= 0.6 is 28.3 Å². The average Bonchev–Trinajstić information content (AvgIpc) is 2.38. The second-order valence-electron chi connectivity index (χ2n) is 4.12. The lowest BCUT2D eigenvalue weighted by Crippen LogP contribution is -2.26. The Morgan fingerprint density at radius 2 is 1.74 bits per heavy atom. The van der Waals surface area contributed by atoms with Crippen LogP contribution in [0.15, 0.2) is 16.6 Å². The van der Waals surface area contributed by atoms with Crippen LogP contribution in [0.1, 0.15) is 31.4 Å². The maximum Gasteiger partial charge on any atom is 0.137 e. The van der Waals surface area contributed by atoms with Gasteiger partial charge in [0.25, 0.3) is 0 Å². The van der Waals surface area contributed by atoms with Crippen molar-refractivity contribution in [3.63, 3.8) is 0 Å². The Hall–Kier alpha value is -0.490. The van der Waals surface area contributed by atoms with Crippen molar-refractivity contribution in [2.75, 3.05) is 14.2 Å². The van der Waals surface area contributed by atoms with Crippen LogP contribution < -0.4 is 15.2 Å². The number of ether oxygens (including phenoxy) is 2. The van der Waals surface area contributed by atoms with E-state index in [0.29, 0.717) is 17.9 Å². The molecule has 4 nitrogen and oxygen atoms in total. The number of hydrogen-bond donors (Lipinski definition) is 2. The van der Waals surface area contributed by atoms with Gasteiger partial charge in [-0.2, -0.15) is 0 Å².